The summed E-state index contributed by atoms with van der Waals surface area (Å²) in [7, 11) is 0. The van der Waals surface area contributed by atoms with Gasteiger partial charge in [0.1, 0.15) is 24.0 Å². The van der Waals surface area contributed by atoms with E-state index in [0.29, 0.717) is 28.5 Å². The van der Waals surface area contributed by atoms with Crippen LogP contribution < -0.4 is 10.6 Å². The molecule has 30 heavy (non-hydrogen) atoms. The van der Waals surface area contributed by atoms with E-state index in [9.17, 15) is 13.2 Å². The summed E-state index contributed by atoms with van der Waals surface area (Å²) in [6.07, 6.45) is 4.10. The number of hydrogen-bond acceptors (Lipinski definition) is 6. The van der Waals surface area contributed by atoms with E-state index in [4.69, 9.17) is 11.6 Å². The van der Waals surface area contributed by atoms with Gasteiger partial charge in [-0.2, -0.15) is 9.97 Å². The molecule has 0 fully saturated rings. The van der Waals surface area contributed by atoms with Crippen molar-refractivity contribution in [2.75, 3.05) is 11.9 Å². The van der Waals surface area contributed by atoms with Crippen molar-refractivity contribution in [3.63, 3.8) is 0 Å². The molecule has 3 heterocycles. The lowest BCUT2D eigenvalue weighted by molar-refractivity contribution is 0.463. The zero-order valence-corrected chi connectivity index (χ0v) is 15.9. The van der Waals surface area contributed by atoms with Gasteiger partial charge in [-0.05, 0) is 35.9 Å². The Morgan fingerprint density at radius 1 is 1.20 bits per heavy atom. The van der Waals surface area contributed by atoms with E-state index < -0.39 is 29.6 Å². The van der Waals surface area contributed by atoms with E-state index in [0.717, 1.165) is 6.08 Å². The second-order valence-corrected chi connectivity index (χ2v) is 7.05. The number of imidazole rings is 1. The molecule has 3 aromatic rings. The first-order chi connectivity index (χ1) is 14.5. The van der Waals surface area contributed by atoms with Crippen LogP contribution in [0.1, 0.15) is 0 Å². The van der Waals surface area contributed by atoms with Crippen LogP contribution in [0.15, 0.2) is 59.4 Å². The topological polar surface area (TPSA) is 80.0 Å². The summed E-state index contributed by atoms with van der Waals surface area (Å²) >= 11 is 6.07. The number of allylic oxidation sites excluding steroid dienone is 2. The number of anilines is 1. The van der Waals surface area contributed by atoms with Gasteiger partial charge < -0.3 is 10.6 Å². The first kappa shape index (κ1) is 18.6. The van der Waals surface area contributed by atoms with Crippen LogP contribution in [0, 0.1) is 5.82 Å². The summed E-state index contributed by atoms with van der Waals surface area (Å²) < 4.78 is 42.5. The van der Waals surface area contributed by atoms with Crippen molar-refractivity contribution in [2.45, 2.75) is 12.1 Å². The van der Waals surface area contributed by atoms with Crippen LogP contribution in [-0.4, -0.2) is 44.0 Å². The van der Waals surface area contributed by atoms with Gasteiger partial charge in [0.2, 0.25) is 5.28 Å². The third kappa shape index (κ3) is 3.18. The second kappa shape index (κ2) is 7.13. The molecule has 152 valence electrons. The van der Waals surface area contributed by atoms with E-state index >= 15 is 0 Å². The Balaban J connectivity index is 1.43. The van der Waals surface area contributed by atoms with Crippen LogP contribution in [0.5, 0.6) is 0 Å². The molecular formula is C19H13ClF3N7. The maximum absolute atomic E-state index is 13.9. The van der Waals surface area contributed by atoms with Crippen LogP contribution in [-0.2, 0) is 0 Å². The number of nitrogens with one attached hydrogen (secondary N) is 2. The summed E-state index contributed by atoms with van der Waals surface area (Å²) in [4.78, 5) is 16.9. The van der Waals surface area contributed by atoms with Crippen molar-refractivity contribution in [3.8, 4) is 5.69 Å². The van der Waals surface area contributed by atoms with Crippen LogP contribution in [0.4, 0.5) is 19.0 Å². The Morgan fingerprint density at radius 3 is 2.90 bits per heavy atom. The Labute approximate surface area is 173 Å². The minimum absolute atomic E-state index is 0.0304. The Hall–Kier alpha value is -3.40. The lowest BCUT2D eigenvalue weighted by Gasteiger charge is -2.16. The number of fused-ring (bicyclic) bond motifs is 2. The minimum Gasteiger partial charge on any atom is -0.363 e. The molecule has 2 aromatic heterocycles. The lowest BCUT2D eigenvalue weighted by Crippen LogP contribution is -2.37. The monoisotopic (exact) mass is 431 g/mol. The summed E-state index contributed by atoms with van der Waals surface area (Å²) in [5.74, 6) is -1.44. The summed E-state index contributed by atoms with van der Waals surface area (Å²) in [5, 5.41) is 6.05. The normalized spacial score (nSPS) is 20.3. The smallest absolute Gasteiger partial charge is 0.226 e. The van der Waals surface area contributed by atoms with Gasteiger partial charge in [0.05, 0.1) is 18.3 Å². The second-order valence-electron chi connectivity index (χ2n) is 6.71. The molecule has 1 aliphatic carbocycles. The third-order valence-electron chi connectivity index (χ3n) is 4.78. The highest BCUT2D eigenvalue weighted by Crippen LogP contribution is 2.28. The van der Waals surface area contributed by atoms with E-state index in [1.165, 1.54) is 24.5 Å². The van der Waals surface area contributed by atoms with Gasteiger partial charge in [-0.3, -0.25) is 9.56 Å². The quantitative estimate of drug-likeness (QED) is 0.618. The SMILES string of the molecule is FC1=C(F)C2N=C(CNc3nc(Cl)nc4c3ncn4-c3cccc(F)c3)NC2C=C1. The molecule has 2 aliphatic rings. The van der Waals surface area contributed by atoms with Crippen molar-refractivity contribution in [3.05, 3.63) is 65.5 Å². The molecule has 11 heteroatoms. The molecule has 5 rings (SSSR count). The molecule has 0 radical (unpaired) electrons. The summed E-state index contributed by atoms with van der Waals surface area (Å²) in [6.45, 7) is 0.158. The van der Waals surface area contributed by atoms with E-state index in [1.807, 2.05) is 0 Å². The van der Waals surface area contributed by atoms with Crippen molar-refractivity contribution in [1.29, 1.82) is 0 Å². The predicted octanol–water partition coefficient (Wildman–Crippen LogP) is 3.48. The largest absolute Gasteiger partial charge is 0.363 e. The first-order valence-electron chi connectivity index (χ1n) is 8.96. The number of benzene rings is 1. The highest BCUT2D eigenvalue weighted by molar-refractivity contribution is 6.28. The summed E-state index contributed by atoms with van der Waals surface area (Å²) in [5.41, 5.74) is 1.33. The number of hydrogen-bond donors (Lipinski definition) is 2. The minimum atomic E-state index is -0.923. The summed E-state index contributed by atoms with van der Waals surface area (Å²) in [6, 6.07) is 4.60. The predicted molar refractivity (Wildman–Crippen MR) is 107 cm³/mol. The van der Waals surface area contributed by atoms with Gasteiger partial charge >= 0.3 is 0 Å². The number of halogens is 4. The Bertz CT molecular complexity index is 1250. The Morgan fingerprint density at radius 2 is 2.07 bits per heavy atom. The molecule has 0 saturated carbocycles. The molecule has 1 aromatic carbocycles. The molecule has 1 aliphatic heterocycles. The molecule has 0 spiro atoms. The van der Waals surface area contributed by atoms with Gasteiger partial charge in [-0.15, -0.1) is 0 Å². The molecule has 2 unspecified atom stereocenters. The first-order valence-corrected chi connectivity index (χ1v) is 9.34. The average molecular weight is 432 g/mol. The van der Waals surface area contributed by atoms with Gasteiger partial charge in [0.25, 0.3) is 0 Å². The fourth-order valence-corrected chi connectivity index (χ4v) is 3.57. The van der Waals surface area contributed by atoms with Crippen LogP contribution >= 0.6 is 11.6 Å². The molecule has 0 bridgehead atoms. The van der Waals surface area contributed by atoms with Crippen molar-refractivity contribution in [2.24, 2.45) is 4.99 Å². The zero-order chi connectivity index (χ0) is 20.8. The standard InChI is InChI=1S/C19H13ClF3N7/c20-19-28-17(24-7-13-26-12-5-4-11(22)14(23)15(12)27-13)16-18(29-19)30(8-25-16)10-3-1-2-9(21)6-10/h1-6,8,12,15H,7H2,(H,26,27)(H,24,28,29). The van der Waals surface area contributed by atoms with Crippen LogP contribution in [0.25, 0.3) is 16.9 Å². The highest BCUT2D eigenvalue weighted by atomic mass is 35.5. The fourth-order valence-electron chi connectivity index (χ4n) is 3.41. The van der Waals surface area contributed by atoms with E-state index in [2.05, 4.69) is 30.6 Å². The lowest BCUT2D eigenvalue weighted by atomic mass is 10.0. The Kier molecular flexibility index (Phi) is 4.43. The fraction of sp³-hybridized carbons (Fsp3) is 0.158. The van der Waals surface area contributed by atoms with Crippen molar-refractivity contribution < 1.29 is 13.2 Å². The number of aromatic nitrogens is 4. The van der Waals surface area contributed by atoms with Gasteiger partial charge in [0, 0.05) is 0 Å². The molecule has 7 nitrogen and oxygen atoms in total. The maximum atomic E-state index is 13.9. The molecule has 2 atom stereocenters. The highest BCUT2D eigenvalue weighted by Gasteiger charge is 2.34. The molecule has 0 amide bonds. The van der Waals surface area contributed by atoms with E-state index in [-0.39, 0.29) is 11.8 Å². The van der Waals surface area contributed by atoms with Crippen molar-refractivity contribution in [1.82, 2.24) is 24.8 Å². The zero-order valence-electron chi connectivity index (χ0n) is 15.2. The number of aliphatic imine (C=N–C) groups is 1. The van der Waals surface area contributed by atoms with Gasteiger partial charge in [-0.1, -0.05) is 12.1 Å². The van der Waals surface area contributed by atoms with Crippen LogP contribution in [0.3, 0.4) is 0 Å². The number of rotatable bonds is 4. The molecular weight excluding hydrogens is 419 g/mol. The number of amidine groups is 1. The van der Waals surface area contributed by atoms with Gasteiger partial charge in [0.15, 0.2) is 28.6 Å². The molecule has 0 saturated heterocycles. The molecule has 2 N–H and O–H groups in total. The number of nitrogens with zero attached hydrogens (tertiary/aromatic N) is 5. The maximum Gasteiger partial charge on any atom is 0.226 e. The van der Waals surface area contributed by atoms with E-state index in [1.54, 1.807) is 16.7 Å². The van der Waals surface area contributed by atoms with Crippen LogP contribution in [0.2, 0.25) is 5.28 Å². The van der Waals surface area contributed by atoms with Crippen molar-refractivity contribution >= 4 is 34.4 Å². The van der Waals surface area contributed by atoms with Gasteiger partial charge in [-0.25, -0.2) is 18.2 Å². The third-order valence-corrected chi connectivity index (χ3v) is 4.95. The average Bonchev–Trinajstić information content (AvgIpc) is 3.33.